The second-order valence-electron chi connectivity index (χ2n) is 6.31. The van der Waals surface area contributed by atoms with Crippen LogP contribution >= 0.6 is 0 Å². The topological polar surface area (TPSA) is 89.0 Å². The third-order valence-corrected chi connectivity index (χ3v) is 4.71. The highest BCUT2D eigenvalue weighted by molar-refractivity contribution is 5.84. The van der Waals surface area contributed by atoms with E-state index in [-0.39, 0.29) is 0 Å². The van der Waals surface area contributed by atoms with Gasteiger partial charge in [0.15, 0.2) is 0 Å². The minimum absolute atomic E-state index is 0.366. The number of fused-ring (bicyclic) bond motifs is 3. The predicted molar refractivity (Wildman–Crippen MR) is 102 cm³/mol. The van der Waals surface area contributed by atoms with E-state index in [1.165, 1.54) is 0 Å². The summed E-state index contributed by atoms with van der Waals surface area (Å²) in [5.74, 6) is -1.09. The Morgan fingerprint density at radius 1 is 0.846 bits per heavy atom. The SMILES string of the molecule is COCCOC1(OCCOC)c2cc(N)ccc2-c2ccc(N)c(C)c21. The molecule has 0 saturated heterocycles. The van der Waals surface area contributed by atoms with Crippen molar-refractivity contribution >= 4 is 11.4 Å². The Labute approximate surface area is 154 Å². The second kappa shape index (κ2) is 7.63. The number of methoxy groups -OCH3 is 2. The number of nitrogens with two attached hydrogens (primary N) is 2. The molecule has 2 aromatic carbocycles. The van der Waals surface area contributed by atoms with Gasteiger partial charge in [0.05, 0.1) is 26.4 Å². The third kappa shape index (κ3) is 3.05. The zero-order valence-corrected chi connectivity index (χ0v) is 15.5. The summed E-state index contributed by atoms with van der Waals surface area (Å²) in [6.07, 6.45) is 0. The van der Waals surface area contributed by atoms with Crippen molar-refractivity contribution in [3.05, 3.63) is 47.0 Å². The van der Waals surface area contributed by atoms with E-state index in [0.29, 0.717) is 37.8 Å². The van der Waals surface area contributed by atoms with Crippen molar-refractivity contribution < 1.29 is 18.9 Å². The van der Waals surface area contributed by atoms with Crippen LogP contribution in [0.4, 0.5) is 11.4 Å². The number of nitrogen functional groups attached to an aromatic ring is 2. The maximum absolute atomic E-state index is 6.31. The molecule has 0 bridgehead atoms. The van der Waals surface area contributed by atoms with Gasteiger partial charge in [0.1, 0.15) is 0 Å². The molecule has 0 unspecified atom stereocenters. The third-order valence-electron chi connectivity index (χ3n) is 4.71. The minimum atomic E-state index is -1.09. The second-order valence-corrected chi connectivity index (χ2v) is 6.31. The van der Waals surface area contributed by atoms with Crippen molar-refractivity contribution in [3.8, 4) is 11.1 Å². The molecule has 4 N–H and O–H groups in total. The van der Waals surface area contributed by atoms with Crippen molar-refractivity contribution in [1.29, 1.82) is 0 Å². The van der Waals surface area contributed by atoms with Crippen LogP contribution in [0.15, 0.2) is 30.3 Å². The fourth-order valence-corrected chi connectivity index (χ4v) is 3.46. The monoisotopic (exact) mass is 358 g/mol. The molecule has 0 amide bonds. The highest BCUT2D eigenvalue weighted by Crippen LogP contribution is 2.53. The number of hydrogen-bond acceptors (Lipinski definition) is 6. The van der Waals surface area contributed by atoms with Gasteiger partial charge < -0.3 is 30.4 Å². The molecule has 3 rings (SSSR count). The highest BCUT2D eigenvalue weighted by Gasteiger charge is 2.47. The molecule has 26 heavy (non-hydrogen) atoms. The van der Waals surface area contributed by atoms with Gasteiger partial charge in [0, 0.05) is 36.7 Å². The zero-order chi connectivity index (χ0) is 18.7. The first-order chi connectivity index (χ1) is 12.5. The molecule has 0 radical (unpaired) electrons. The van der Waals surface area contributed by atoms with Gasteiger partial charge in [-0.25, -0.2) is 0 Å². The molecule has 0 aliphatic heterocycles. The van der Waals surface area contributed by atoms with Crippen LogP contribution in [-0.2, 0) is 24.7 Å². The maximum Gasteiger partial charge on any atom is 0.224 e. The first-order valence-corrected chi connectivity index (χ1v) is 8.61. The lowest BCUT2D eigenvalue weighted by Crippen LogP contribution is -2.36. The van der Waals surface area contributed by atoms with Crippen LogP contribution in [-0.4, -0.2) is 40.6 Å². The van der Waals surface area contributed by atoms with Gasteiger partial charge in [0.2, 0.25) is 5.79 Å². The molecule has 140 valence electrons. The summed E-state index contributed by atoms with van der Waals surface area (Å²) in [6, 6.07) is 9.71. The lowest BCUT2D eigenvalue weighted by Gasteiger charge is -2.33. The van der Waals surface area contributed by atoms with E-state index in [4.69, 9.17) is 30.4 Å². The summed E-state index contributed by atoms with van der Waals surface area (Å²) in [4.78, 5) is 0. The van der Waals surface area contributed by atoms with Crippen LogP contribution in [0.2, 0.25) is 0 Å². The summed E-state index contributed by atoms with van der Waals surface area (Å²) in [7, 11) is 3.28. The van der Waals surface area contributed by atoms with Gasteiger partial charge in [-0.3, -0.25) is 0 Å². The van der Waals surface area contributed by atoms with Gasteiger partial charge in [-0.2, -0.15) is 0 Å². The largest absolute Gasteiger partial charge is 0.399 e. The predicted octanol–water partition coefficient (Wildman–Crippen LogP) is 2.67. The molecule has 0 atom stereocenters. The Morgan fingerprint density at radius 3 is 2.08 bits per heavy atom. The number of benzene rings is 2. The lowest BCUT2D eigenvalue weighted by molar-refractivity contribution is -0.224. The molecule has 1 aliphatic rings. The van der Waals surface area contributed by atoms with Gasteiger partial charge in [0.25, 0.3) is 0 Å². The lowest BCUT2D eigenvalue weighted by atomic mass is 9.97. The van der Waals surface area contributed by atoms with Gasteiger partial charge in [-0.15, -0.1) is 0 Å². The fraction of sp³-hybridized carbons (Fsp3) is 0.400. The van der Waals surface area contributed by atoms with Crippen LogP contribution in [0, 0.1) is 6.92 Å². The van der Waals surface area contributed by atoms with Crippen LogP contribution in [0.1, 0.15) is 16.7 Å². The molecular formula is C20H26N2O4. The van der Waals surface area contributed by atoms with E-state index in [9.17, 15) is 0 Å². The van der Waals surface area contributed by atoms with Crippen molar-refractivity contribution in [1.82, 2.24) is 0 Å². The van der Waals surface area contributed by atoms with Crippen molar-refractivity contribution in [3.63, 3.8) is 0 Å². The average Bonchev–Trinajstić information content (AvgIpc) is 2.89. The molecule has 2 aromatic rings. The minimum Gasteiger partial charge on any atom is -0.399 e. The van der Waals surface area contributed by atoms with Crippen LogP contribution < -0.4 is 11.5 Å². The zero-order valence-electron chi connectivity index (χ0n) is 15.5. The van der Waals surface area contributed by atoms with Gasteiger partial charge >= 0.3 is 0 Å². The van der Waals surface area contributed by atoms with Crippen molar-refractivity contribution in [2.75, 3.05) is 52.1 Å². The molecule has 0 heterocycles. The molecular weight excluding hydrogens is 332 g/mol. The van der Waals surface area contributed by atoms with Crippen LogP contribution in [0.5, 0.6) is 0 Å². The fourth-order valence-electron chi connectivity index (χ4n) is 3.46. The standard InChI is InChI=1S/C20H26N2O4/c1-13-18(22)7-6-16-15-5-4-14(21)12-17(15)20(19(13)16,25-10-8-23-2)26-11-9-24-3/h4-7,12H,8-11,21-22H2,1-3H3. The van der Waals surface area contributed by atoms with E-state index in [0.717, 1.165) is 27.8 Å². The maximum atomic E-state index is 6.31. The van der Waals surface area contributed by atoms with Crippen LogP contribution in [0.25, 0.3) is 11.1 Å². The van der Waals surface area contributed by atoms with E-state index in [1.807, 2.05) is 37.3 Å². The number of rotatable bonds is 8. The summed E-state index contributed by atoms with van der Waals surface area (Å²) in [5, 5.41) is 0. The van der Waals surface area contributed by atoms with Crippen molar-refractivity contribution in [2.24, 2.45) is 0 Å². The number of hydrogen-bond donors (Lipinski definition) is 2. The molecule has 0 fully saturated rings. The van der Waals surface area contributed by atoms with Gasteiger partial charge in [-0.05, 0) is 41.8 Å². The van der Waals surface area contributed by atoms with E-state index >= 15 is 0 Å². The summed E-state index contributed by atoms with van der Waals surface area (Å²) in [5.41, 5.74) is 18.4. The van der Waals surface area contributed by atoms with Gasteiger partial charge in [-0.1, -0.05) is 12.1 Å². The van der Waals surface area contributed by atoms with E-state index in [2.05, 4.69) is 0 Å². The Hall–Kier alpha value is -2.12. The molecule has 6 heteroatoms. The highest BCUT2D eigenvalue weighted by atomic mass is 16.7. The summed E-state index contributed by atoms with van der Waals surface area (Å²) >= 11 is 0. The first kappa shape index (κ1) is 18.7. The molecule has 1 aliphatic carbocycles. The Kier molecular flexibility index (Phi) is 5.48. The van der Waals surface area contributed by atoms with E-state index < -0.39 is 5.79 Å². The number of ether oxygens (including phenoxy) is 4. The molecule has 0 saturated carbocycles. The average molecular weight is 358 g/mol. The van der Waals surface area contributed by atoms with E-state index in [1.54, 1.807) is 14.2 Å². The Bertz CT molecular complexity index is 782. The Balaban J connectivity index is 2.19. The van der Waals surface area contributed by atoms with Crippen molar-refractivity contribution in [2.45, 2.75) is 12.7 Å². The summed E-state index contributed by atoms with van der Waals surface area (Å²) < 4.78 is 23.0. The molecule has 0 aromatic heterocycles. The molecule has 0 spiro atoms. The molecule has 6 nitrogen and oxygen atoms in total. The first-order valence-electron chi connectivity index (χ1n) is 8.61. The Morgan fingerprint density at radius 2 is 1.46 bits per heavy atom. The number of anilines is 2. The van der Waals surface area contributed by atoms with Crippen LogP contribution in [0.3, 0.4) is 0 Å². The smallest absolute Gasteiger partial charge is 0.224 e. The quantitative estimate of drug-likeness (QED) is 0.428. The summed E-state index contributed by atoms with van der Waals surface area (Å²) in [6.45, 7) is 3.61. The normalized spacial score (nSPS) is 14.3.